The van der Waals surface area contributed by atoms with Crippen LogP contribution in [0.3, 0.4) is 0 Å². The van der Waals surface area contributed by atoms with Crippen molar-refractivity contribution in [3.05, 3.63) is 65.0 Å². The van der Waals surface area contributed by atoms with E-state index in [1.54, 1.807) is 0 Å². The maximum Gasteiger partial charge on any atom is 0.123 e. The van der Waals surface area contributed by atoms with E-state index in [2.05, 4.69) is 0 Å². The molecule has 2 nitrogen and oxygen atoms in total. The van der Waals surface area contributed by atoms with Gasteiger partial charge in [0.2, 0.25) is 0 Å². The Morgan fingerprint density at radius 1 is 1.26 bits per heavy atom. The molecule has 3 rings (SSSR count). The molecule has 2 atom stereocenters. The minimum atomic E-state index is -0.318. The molecule has 1 aliphatic heterocycles. The summed E-state index contributed by atoms with van der Waals surface area (Å²) in [5.74, 6) is 0.636. The first-order valence-corrected chi connectivity index (χ1v) is 6.41. The number of hydrogen-bond acceptors (Lipinski definition) is 2. The Kier molecular flexibility index (Phi) is 2.99. The molecular formula is C16H16FNO. The van der Waals surface area contributed by atoms with Crippen LogP contribution in [-0.4, -0.2) is 6.10 Å². The third-order valence-electron chi connectivity index (χ3n) is 3.52. The summed E-state index contributed by atoms with van der Waals surface area (Å²) in [5.41, 5.74) is 9.05. The van der Waals surface area contributed by atoms with Gasteiger partial charge in [0, 0.05) is 6.42 Å². The lowest BCUT2D eigenvalue weighted by molar-refractivity contribution is 0.199. The van der Waals surface area contributed by atoms with Crippen molar-refractivity contribution < 1.29 is 9.13 Å². The topological polar surface area (TPSA) is 35.2 Å². The fourth-order valence-electron chi connectivity index (χ4n) is 2.58. The molecule has 98 valence electrons. The van der Waals surface area contributed by atoms with Crippen molar-refractivity contribution in [1.29, 1.82) is 0 Å². The quantitative estimate of drug-likeness (QED) is 0.897. The Morgan fingerprint density at radius 3 is 2.79 bits per heavy atom. The minimum Gasteiger partial charge on any atom is -0.488 e. The van der Waals surface area contributed by atoms with E-state index >= 15 is 0 Å². The van der Waals surface area contributed by atoms with Crippen molar-refractivity contribution in [3.63, 3.8) is 0 Å². The Labute approximate surface area is 112 Å². The molecule has 0 spiro atoms. The maximum atomic E-state index is 13.4. The molecule has 19 heavy (non-hydrogen) atoms. The summed E-state index contributed by atoms with van der Waals surface area (Å²) in [5, 5.41) is 0. The summed E-state index contributed by atoms with van der Waals surface area (Å²) in [6, 6.07) is 12.5. The predicted molar refractivity (Wildman–Crippen MR) is 72.6 cm³/mol. The van der Waals surface area contributed by atoms with Crippen molar-refractivity contribution in [2.75, 3.05) is 0 Å². The predicted octanol–water partition coefficient (Wildman–Crippen LogP) is 3.14. The van der Waals surface area contributed by atoms with Crippen LogP contribution >= 0.6 is 0 Å². The van der Waals surface area contributed by atoms with Gasteiger partial charge in [-0.2, -0.15) is 0 Å². The van der Waals surface area contributed by atoms with Crippen LogP contribution in [0.1, 0.15) is 22.7 Å². The first-order valence-electron chi connectivity index (χ1n) is 6.41. The zero-order valence-corrected chi connectivity index (χ0v) is 10.8. The Bertz CT molecular complexity index is 566. The highest BCUT2D eigenvalue weighted by molar-refractivity contribution is 5.39. The van der Waals surface area contributed by atoms with Crippen molar-refractivity contribution in [2.45, 2.75) is 25.5 Å². The molecule has 2 unspecified atom stereocenters. The third kappa shape index (κ3) is 2.34. The second kappa shape index (κ2) is 4.67. The summed E-state index contributed by atoms with van der Waals surface area (Å²) in [6.45, 7) is 1.86. The van der Waals surface area contributed by atoms with Gasteiger partial charge in [0.15, 0.2) is 0 Å². The second-order valence-corrected chi connectivity index (χ2v) is 5.06. The lowest BCUT2D eigenvalue weighted by atomic mass is 9.97. The molecule has 3 heteroatoms. The number of fused-ring (bicyclic) bond motifs is 1. The minimum absolute atomic E-state index is 0.126. The standard InChI is InChI=1S/C16H16FNO/c1-10-6-12(8-13(17)7-10)16(18)15-9-11-4-2-3-5-14(11)19-15/h2-8,15-16H,9,18H2,1H3. The highest BCUT2D eigenvalue weighted by Gasteiger charge is 2.29. The van der Waals surface area contributed by atoms with Crippen molar-refractivity contribution in [1.82, 2.24) is 0 Å². The van der Waals surface area contributed by atoms with Crippen LogP contribution in [0.15, 0.2) is 42.5 Å². The fraction of sp³-hybridized carbons (Fsp3) is 0.250. The van der Waals surface area contributed by atoms with Gasteiger partial charge in [-0.25, -0.2) is 4.39 Å². The fourth-order valence-corrected chi connectivity index (χ4v) is 2.58. The zero-order chi connectivity index (χ0) is 13.4. The summed E-state index contributed by atoms with van der Waals surface area (Å²) in [6.07, 6.45) is 0.644. The number of ether oxygens (including phenoxy) is 1. The van der Waals surface area contributed by atoms with Crippen LogP contribution in [0.5, 0.6) is 5.75 Å². The van der Waals surface area contributed by atoms with Gasteiger partial charge in [0.1, 0.15) is 17.7 Å². The number of halogens is 1. The van der Waals surface area contributed by atoms with E-state index in [0.717, 1.165) is 28.9 Å². The van der Waals surface area contributed by atoms with E-state index < -0.39 is 0 Å². The van der Waals surface area contributed by atoms with E-state index in [0.29, 0.717) is 0 Å². The molecule has 2 aromatic carbocycles. The Hall–Kier alpha value is -1.87. The van der Waals surface area contributed by atoms with E-state index in [4.69, 9.17) is 10.5 Å². The van der Waals surface area contributed by atoms with Gasteiger partial charge < -0.3 is 10.5 Å². The average molecular weight is 257 g/mol. The summed E-state index contributed by atoms with van der Waals surface area (Å²) < 4.78 is 19.3. The molecule has 0 aromatic heterocycles. The SMILES string of the molecule is Cc1cc(F)cc(C(N)C2Cc3ccccc3O2)c1. The molecule has 0 saturated carbocycles. The normalized spacial score (nSPS) is 18.8. The lowest BCUT2D eigenvalue weighted by Crippen LogP contribution is -2.30. The monoisotopic (exact) mass is 257 g/mol. The van der Waals surface area contributed by atoms with E-state index in [1.807, 2.05) is 37.3 Å². The van der Waals surface area contributed by atoms with Crippen LogP contribution in [0, 0.1) is 12.7 Å². The molecule has 1 heterocycles. The number of nitrogens with two attached hydrogens (primary N) is 1. The Balaban J connectivity index is 1.84. The number of benzene rings is 2. The molecule has 0 bridgehead atoms. The molecule has 2 aromatic rings. The number of para-hydroxylation sites is 1. The van der Waals surface area contributed by atoms with Gasteiger partial charge in [-0.05, 0) is 41.8 Å². The van der Waals surface area contributed by atoms with Gasteiger partial charge >= 0.3 is 0 Å². The molecular weight excluding hydrogens is 241 g/mol. The van der Waals surface area contributed by atoms with Gasteiger partial charge in [-0.15, -0.1) is 0 Å². The first kappa shape index (κ1) is 12.2. The highest BCUT2D eigenvalue weighted by Crippen LogP contribution is 2.33. The zero-order valence-electron chi connectivity index (χ0n) is 10.8. The van der Waals surface area contributed by atoms with E-state index in [-0.39, 0.29) is 18.0 Å². The Morgan fingerprint density at radius 2 is 2.05 bits per heavy atom. The number of hydrogen-bond donors (Lipinski definition) is 1. The summed E-state index contributed by atoms with van der Waals surface area (Å²) in [4.78, 5) is 0. The molecule has 1 aliphatic rings. The number of rotatable bonds is 2. The van der Waals surface area contributed by atoms with Crippen molar-refractivity contribution >= 4 is 0 Å². The van der Waals surface area contributed by atoms with Crippen LogP contribution < -0.4 is 10.5 Å². The van der Waals surface area contributed by atoms with E-state index in [1.165, 1.54) is 12.1 Å². The maximum absolute atomic E-state index is 13.4. The molecule has 0 aliphatic carbocycles. The number of aryl methyl sites for hydroxylation is 1. The van der Waals surface area contributed by atoms with Crippen LogP contribution in [0.2, 0.25) is 0 Å². The summed E-state index contributed by atoms with van der Waals surface area (Å²) in [7, 11) is 0. The van der Waals surface area contributed by atoms with Crippen molar-refractivity contribution in [3.8, 4) is 5.75 Å². The van der Waals surface area contributed by atoms with Crippen LogP contribution in [-0.2, 0) is 6.42 Å². The molecule has 0 radical (unpaired) electrons. The smallest absolute Gasteiger partial charge is 0.123 e. The third-order valence-corrected chi connectivity index (χ3v) is 3.52. The molecule has 0 saturated heterocycles. The largest absolute Gasteiger partial charge is 0.488 e. The second-order valence-electron chi connectivity index (χ2n) is 5.06. The van der Waals surface area contributed by atoms with Gasteiger partial charge in [0.05, 0.1) is 6.04 Å². The van der Waals surface area contributed by atoms with E-state index in [9.17, 15) is 4.39 Å². The van der Waals surface area contributed by atoms with Gasteiger partial charge in [-0.3, -0.25) is 0 Å². The van der Waals surface area contributed by atoms with Crippen molar-refractivity contribution in [2.24, 2.45) is 5.73 Å². The van der Waals surface area contributed by atoms with Gasteiger partial charge in [-0.1, -0.05) is 24.3 Å². The summed E-state index contributed by atoms with van der Waals surface area (Å²) >= 11 is 0. The highest BCUT2D eigenvalue weighted by atomic mass is 19.1. The lowest BCUT2D eigenvalue weighted by Gasteiger charge is -2.20. The van der Waals surface area contributed by atoms with Gasteiger partial charge in [0.25, 0.3) is 0 Å². The first-order chi connectivity index (χ1) is 9.13. The molecule has 0 fully saturated rings. The molecule has 0 amide bonds. The van der Waals surface area contributed by atoms with Crippen LogP contribution in [0.4, 0.5) is 4.39 Å². The van der Waals surface area contributed by atoms with Crippen LogP contribution in [0.25, 0.3) is 0 Å². The average Bonchev–Trinajstić information content (AvgIpc) is 2.80. The molecule has 2 N–H and O–H groups in total.